The summed E-state index contributed by atoms with van der Waals surface area (Å²) in [6, 6.07) is 10.9. The molecule has 2 aromatic carbocycles. The maximum absolute atomic E-state index is 13.3. The zero-order valence-electron chi connectivity index (χ0n) is 11.4. The highest BCUT2D eigenvalue weighted by Gasteiger charge is 2.11. The Morgan fingerprint density at radius 2 is 1.85 bits per heavy atom. The maximum atomic E-state index is 13.3. The molecular formula is C17H18FNO. The summed E-state index contributed by atoms with van der Waals surface area (Å²) in [5.41, 5.74) is 10.2. The summed E-state index contributed by atoms with van der Waals surface area (Å²) in [6.07, 6.45) is 3.51. The quantitative estimate of drug-likeness (QED) is 0.925. The molecule has 0 amide bonds. The Hall–Kier alpha value is -1.87. The van der Waals surface area contributed by atoms with Crippen LogP contribution in [0.1, 0.15) is 28.7 Å². The second-order valence-electron chi connectivity index (χ2n) is 5.19. The largest absolute Gasteiger partial charge is 0.489 e. The standard InChI is InChI=1S/C17H18FNO/c18-16-6-4-14(10-19)15(8-16)11-20-17-7-5-12-2-1-3-13(12)9-17/h4-9H,1-3,10-11,19H2. The van der Waals surface area contributed by atoms with Crippen molar-refractivity contribution in [2.45, 2.75) is 32.4 Å². The van der Waals surface area contributed by atoms with E-state index < -0.39 is 0 Å². The van der Waals surface area contributed by atoms with E-state index in [2.05, 4.69) is 12.1 Å². The minimum Gasteiger partial charge on any atom is -0.489 e. The minimum absolute atomic E-state index is 0.255. The fraction of sp³-hybridized carbons (Fsp3) is 0.294. The Morgan fingerprint density at radius 3 is 2.70 bits per heavy atom. The van der Waals surface area contributed by atoms with E-state index in [4.69, 9.17) is 10.5 Å². The van der Waals surface area contributed by atoms with Gasteiger partial charge in [0, 0.05) is 6.54 Å². The van der Waals surface area contributed by atoms with Crippen molar-refractivity contribution >= 4 is 0 Å². The van der Waals surface area contributed by atoms with E-state index in [0.29, 0.717) is 13.2 Å². The van der Waals surface area contributed by atoms with Crippen molar-refractivity contribution in [3.63, 3.8) is 0 Å². The molecule has 0 aromatic heterocycles. The summed E-state index contributed by atoms with van der Waals surface area (Å²) in [5.74, 6) is 0.590. The highest BCUT2D eigenvalue weighted by Crippen LogP contribution is 2.26. The van der Waals surface area contributed by atoms with Gasteiger partial charge in [-0.05, 0) is 65.8 Å². The number of aryl methyl sites for hydroxylation is 2. The number of nitrogens with two attached hydrogens (primary N) is 1. The van der Waals surface area contributed by atoms with Crippen molar-refractivity contribution in [1.29, 1.82) is 0 Å². The van der Waals surface area contributed by atoms with Crippen LogP contribution in [0.2, 0.25) is 0 Å². The minimum atomic E-state index is -0.255. The number of ether oxygens (including phenoxy) is 1. The molecule has 0 fully saturated rings. The van der Waals surface area contributed by atoms with Gasteiger partial charge in [0.2, 0.25) is 0 Å². The van der Waals surface area contributed by atoms with E-state index in [9.17, 15) is 4.39 Å². The molecule has 0 heterocycles. The van der Waals surface area contributed by atoms with Gasteiger partial charge in [-0.2, -0.15) is 0 Å². The van der Waals surface area contributed by atoms with Crippen LogP contribution in [0, 0.1) is 5.82 Å². The molecule has 0 aliphatic heterocycles. The molecule has 0 saturated carbocycles. The van der Waals surface area contributed by atoms with Crippen LogP contribution >= 0.6 is 0 Å². The molecule has 2 aromatic rings. The predicted molar refractivity (Wildman–Crippen MR) is 77.1 cm³/mol. The van der Waals surface area contributed by atoms with Gasteiger partial charge < -0.3 is 10.5 Å². The lowest BCUT2D eigenvalue weighted by molar-refractivity contribution is 0.304. The van der Waals surface area contributed by atoms with Crippen LogP contribution < -0.4 is 10.5 Å². The Labute approximate surface area is 118 Å². The first-order valence-corrected chi connectivity index (χ1v) is 6.98. The summed E-state index contributed by atoms with van der Waals surface area (Å²) < 4.78 is 19.1. The van der Waals surface area contributed by atoms with Gasteiger partial charge in [-0.25, -0.2) is 4.39 Å². The molecule has 3 heteroatoms. The Bertz CT molecular complexity index is 624. The number of fused-ring (bicyclic) bond motifs is 1. The normalized spacial score (nSPS) is 13.3. The van der Waals surface area contributed by atoms with E-state index in [1.54, 1.807) is 6.07 Å². The second kappa shape index (κ2) is 5.63. The first-order valence-electron chi connectivity index (χ1n) is 6.98. The lowest BCUT2D eigenvalue weighted by atomic mass is 10.1. The molecule has 1 aliphatic carbocycles. The van der Waals surface area contributed by atoms with E-state index in [-0.39, 0.29) is 5.82 Å². The van der Waals surface area contributed by atoms with E-state index >= 15 is 0 Å². The van der Waals surface area contributed by atoms with Crippen molar-refractivity contribution in [2.24, 2.45) is 5.73 Å². The number of hydrogen-bond acceptors (Lipinski definition) is 2. The van der Waals surface area contributed by atoms with Gasteiger partial charge in [-0.15, -0.1) is 0 Å². The molecule has 0 saturated heterocycles. The molecule has 0 atom stereocenters. The topological polar surface area (TPSA) is 35.2 Å². The van der Waals surface area contributed by atoms with Gasteiger partial charge >= 0.3 is 0 Å². The lowest BCUT2D eigenvalue weighted by Crippen LogP contribution is -2.05. The Balaban J connectivity index is 1.75. The molecule has 3 rings (SSSR count). The second-order valence-corrected chi connectivity index (χ2v) is 5.19. The maximum Gasteiger partial charge on any atom is 0.123 e. The van der Waals surface area contributed by atoms with Gasteiger partial charge in [-0.3, -0.25) is 0 Å². The highest BCUT2D eigenvalue weighted by molar-refractivity contribution is 5.38. The van der Waals surface area contributed by atoms with Gasteiger partial charge in [-0.1, -0.05) is 12.1 Å². The molecule has 0 unspecified atom stereocenters. The van der Waals surface area contributed by atoms with E-state index in [1.165, 1.54) is 29.7 Å². The van der Waals surface area contributed by atoms with Gasteiger partial charge in [0.25, 0.3) is 0 Å². The lowest BCUT2D eigenvalue weighted by Gasteiger charge is -2.11. The zero-order chi connectivity index (χ0) is 13.9. The Morgan fingerprint density at radius 1 is 1.00 bits per heavy atom. The van der Waals surface area contributed by atoms with Crippen molar-refractivity contribution < 1.29 is 9.13 Å². The molecule has 20 heavy (non-hydrogen) atoms. The van der Waals surface area contributed by atoms with Crippen LogP contribution in [0.25, 0.3) is 0 Å². The van der Waals surface area contributed by atoms with E-state index in [1.807, 2.05) is 6.07 Å². The average molecular weight is 271 g/mol. The summed E-state index contributed by atoms with van der Waals surface area (Å²) in [4.78, 5) is 0. The molecule has 2 N–H and O–H groups in total. The van der Waals surface area contributed by atoms with Crippen molar-refractivity contribution in [2.75, 3.05) is 0 Å². The predicted octanol–water partition coefficient (Wildman–Crippen LogP) is 3.35. The van der Waals surface area contributed by atoms with Crippen molar-refractivity contribution in [3.8, 4) is 5.75 Å². The molecule has 0 bridgehead atoms. The Kier molecular flexibility index (Phi) is 3.70. The van der Waals surface area contributed by atoms with Crippen molar-refractivity contribution in [3.05, 3.63) is 64.5 Å². The fourth-order valence-corrected chi connectivity index (χ4v) is 2.73. The summed E-state index contributed by atoms with van der Waals surface area (Å²) >= 11 is 0. The first kappa shape index (κ1) is 13.1. The van der Waals surface area contributed by atoms with Crippen LogP contribution in [0.3, 0.4) is 0 Å². The molecular weight excluding hydrogens is 253 g/mol. The SMILES string of the molecule is NCc1ccc(F)cc1COc1ccc2c(c1)CCC2. The molecule has 0 radical (unpaired) electrons. The highest BCUT2D eigenvalue weighted by atomic mass is 19.1. The van der Waals surface area contributed by atoms with Crippen LogP contribution in [-0.2, 0) is 26.0 Å². The number of benzene rings is 2. The smallest absolute Gasteiger partial charge is 0.123 e. The third-order valence-corrected chi connectivity index (χ3v) is 3.85. The number of rotatable bonds is 4. The van der Waals surface area contributed by atoms with Crippen LogP contribution in [0.5, 0.6) is 5.75 Å². The van der Waals surface area contributed by atoms with Crippen LogP contribution in [-0.4, -0.2) is 0 Å². The number of halogens is 1. The van der Waals surface area contributed by atoms with E-state index in [0.717, 1.165) is 29.7 Å². The van der Waals surface area contributed by atoms with Gasteiger partial charge in [0.15, 0.2) is 0 Å². The summed E-state index contributed by atoms with van der Waals surface area (Å²) in [5, 5.41) is 0. The monoisotopic (exact) mass is 271 g/mol. The molecule has 0 spiro atoms. The average Bonchev–Trinajstić information content (AvgIpc) is 2.92. The molecule has 1 aliphatic rings. The summed E-state index contributed by atoms with van der Waals surface area (Å²) in [7, 11) is 0. The van der Waals surface area contributed by atoms with Crippen LogP contribution in [0.15, 0.2) is 36.4 Å². The third kappa shape index (κ3) is 2.68. The zero-order valence-corrected chi connectivity index (χ0v) is 11.4. The first-order chi connectivity index (χ1) is 9.76. The number of hydrogen-bond donors (Lipinski definition) is 1. The van der Waals surface area contributed by atoms with Gasteiger partial charge in [0.1, 0.15) is 18.2 Å². The molecule has 104 valence electrons. The van der Waals surface area contributed by atoms with Crippen LogP contribution in [0.4, 0.5) is 4.39 Å². The van der Waals surface area contributed by atoms with Crippen molar-refractivity contribution in [1.82, 2.24) is 0 Å². The van der Waals surface area contributed by atoms with Gasteiger partial charge in [0.05, 0.1) is 0 Å². The third-order valence-electron chi connectivity index (χ3n) is 3.85. The molecule has 2 nitrogen and oxygen atoms in total. The fourth-order valence-electron chi connectivity index (χ4n) is 2.73. The summed E-state index contributed by atoms with van der Waals surface area (Å²) in [6.45, 7) is 0.742.